The normalized spacial score (nSPS) is 15.5. The number of aromatic nitrogens is 5. The first-order chi connectivity index (χ1) is 17.8. The van der Waals surface area contributed by atoms with Gasteiger partial charge < -0.3 is 4.42 Å². The van der Waals surface area contributed by atoms with Crippen LogP contribution in [-0.4, -0.2) is 44.7 Å². The molecular formula is C23H20F5N5O4S. The quantitative estimate of drug-likeness (QED) is 0.313. The predicted octanol–water partition coefficient (Wildman–Crippen LogP) is 4.80. The molecule has 5 rings (SSSR count). The summed E-state index contributed by atoms with van der Waals surface area (Å²) in [6, 6.07) is 4.40. The maximum atomic E-state index is 13.9. The van der Waals surface area contributed by atoms with E-state index in [-0.39, 0.29) is 39.3 Å². The van der Waals surface area contributed by atoms with E-state index in [1.165, 1.54) is 30.0 Å². The summed E-state index contributed by atoms with van der Waals surface area (Å²) in [5.41, 5.74) is -2.72. The fraction of sp³-hybridized carbons (Fsp3) is 0.391. The van der Waals surface area contributed by atoms with Crippen LogP contribution >= 0.6 is 0 Å². The minimum absolute atomic E-state index is 0.0171. The number of fused-ring (bicyclic) bond motifs is 1. The Kier molecular flexibility index (Phi) is 6.16. The zero-order chi connectivity index (χ0) is 27.5. The van der Waals surface area contributed by atoms with Gasteiger partial charge in [-0.1, -0.05) is 19.8 Å². The summed E-state index contributed by atoms with van der Waals surface area (Å²) < 4.78 is 99.8. The Morgan fingerprint density at radius 2 is 1.76 bits per heavy atom. The van der Waals surface area contributed by atoms with Crippen molar-refractivity contribution in [1.82, 2.24) is 24.3 Å². The number of pyridine rings is 1. The van der Waals surface area contributed by atoms with Crippen LogP contribution in [0.5, 0.6) is 0 Å². The van der Waals surface area contributed by atoms with Crippen LogP contribution < -0.4 is 5.69 Å². The van der Waals surface area contributed by atoms with Gasteiger partial charge in [-0.05, 0) is 43.2 Å². The van der Waals surface area contributed by atoms with E-state index >= 15 is 0 Å². The first kappa shape index (κ1) is 26.0. The van der Waals surface area contributed by atoms with E-state index in [2.05, 4.69) is 15.1 Å². The fourth-order valence-electron chi connectivity index (χ4n) is 4.41. The van der Waals surface area contributed by atoms with Crippen LogP contribution in [-0.2, 0) is 15.8 Å². The monoisotopic (exact) mass is 557 g/mol. The zero-order valence-corrected chi connectivity index (χ0v) is 20.6. The third-order valence-electron chi connectivity index (χ3n) is 6.50. The molecule has 1 saturated carbocycles. The molecule has 15 heteroatoms. The lowest BCUT2D eigenvalue weighted by Crippen LogP contribution is -2.33. The van der Waals surface area contributed by atoms with Crippen LogP contribution in [0.25, 0.3) is 28.5 Å². The molecule has 0 amide bonds. The summed E-state index contributed by atoms with van der Waals surface area (Å²) >= 11 is 0. The van der Waals surface area contributed by atoms with Crippen molar-refractivity contribution in [3.63, 3.8) is 0 Å². The first-order valence-corrected chi connectivity index (χ1v) is 13.2. The van der Waals surface area contributed by atoms with Gasteiger partial charge in [0.2, 0.25) is 5.89 Å². The van der Waals surface area contributed by atoms with Gasteiger partial charge in [0.15, 0.2) is 21.2 Å². The fourth-order valence-corrected chi connectivity index (χ4v) is 5.42. The summed E-state index contributed by atoms with van der Waals surface area (Å²) in [5.74, 6) is -5.97. The van der Waals surface area contributed by atoms with Crippen molar-refractivity contribution < 1.29 is 34.8 Å². The van der Waals surface area contributed by atoms with E-state index in [1.807, 2.05) is 0 Å². The van der Waals surface area contributed by atoms with Crippen molar-refractivity contribution >= 4 is 20.9 Å². The SMILES string of the molecule is CCS(=O)(=O)c1ccc(-n2ncn(C3CCCC3)c2=O)nc1-c1nc2cc(C(F)(F)C(F)(F)F)ccc2o1. The number of hydrogen-bond donors (Lipinski definition) is 0. The third kappa shape index (κ3) is 4.27. The Hall–Kier alpha value is -3.62. The Bertz CT molecular complexity index is 1680. The van der Waals surface area contributed by atoms with Gasteiger partial charge in [0, 0.05) is 11.6 Å². The molecular weight excluding hydrogens is 537 g/mol. The highest BCUT2D eigenvalue weighted by Gasteiger charge is 2.58. The molecule has 0 spiro atoms. The molecule has 202 valence electrons. The molecule has 0 bridgehead atoms. The van der Waals surface area contributed by atoms with Gasteiger partial charge in [-0.15, -0.1) is 0 Å². The number of alkyl halides is 5. The van der Waals surface area contributed by atoms with Crippen molar-refractivity contribution in [3.8, 4) is 17.4 Å². The van der Waals surface area contributed by atoms with Gasteiger partial charge >= 0.3 is 17.8 Å². The van der Waals surface area contributed by atoms with Crippen molar-refractivity contribution in [2.45, 2.75) is 55.6 Å². The minimum Gasteiger partial charge on any atom is -0.435 e. The molecule has 0 saturated heterocycles. The van der Waals surface area contributed by atoms with Crippen molar-refractivity contribution in [1.29, 1.82) is 0 Å². The van der Waals surface area contributed by atoms with Crippen LogP contribution in [0.4, 0.5) is 22.0 Å². The maximum Gasteiger partial charge on any atom is 0.458 e. The lowest BCUT2D eigenvalue weighted by atomic mass is 10.1. The number of hydrogen-bond acceptors (Lipinski definition) is 7. The van der Waals surface area contributed by atoms with E-state index in [9.17, 15) is 35.2 Å². The van der Waals surface area contributed by atoms with E-state index < -0.39 is 39.1 Å². The second-order valence-corrected chi connectivity index (χ2v) is 11.1. The first-order valence-electron chi connectivity index (χ1n) is 11.6. The summed E-state index contributed by atoms with van der Waals surface area (Å²) in [4.78, 5) is 20.9. The molecule has 0 N–H and O–H groups in total. The second kappa shape index (κ2) is 8.99. The Morgan fingerprint density at radius 3 is 2.42 bits per heavy atom. The maximum absolute atomic E-state index is 13.9. The van der Waals surface area contributed by atoms with Crippen LogP contribution in [0.3, 0.4) is 0 Å². The molecule has 0 unspecified atom stereocenters. The van der Waals surface area contributed by atoms with Gasteiger partial charge in [-0.2, -0.15) is 31.7 Å². The average molecular weight is 558 g/mol. The van der Waals surface area contributed by atoms with Crippen LogP contribution in [0.15, 0.2) is 50.8 Å². The Morgan fingerprint density at radius 1 is 1.05 bits per heavy atom. The topological polar surface area (TPSA) is 113 Å². The molecule has 1 fully saturated rings. The number of rotatable bonds is 6. The number of oxazole rings is 1. The average Bonchev–Trinajstić information content (AvgIpc) is 3.62. The Labute approximate surface area is 211 Å². The van der Waals surface area contributed by atoms with Crippen LogP contribution in [0.1, 0.15) is 44.2 Å². The highest BCUT2D eigenvalue weighted by Crippen LogP contribution is 2.44. The lowest BCUT2D eigenvalue weighted by Gasteiger charge is -2.19. The highest BCUT2D eigenvalue weighted by atomic mass is 32.2. The third-order valence-corrected chi connectivity index (χ3v) is 8.26. The summed E-state index contributed by atoms with van der Waals surface area (Å²) in [7, 11) is -3.93. The predicted molar refractivity (Wildman–Crippen MR) is 124 cm³/mol. The smallest absolute Gasteiger partial charge is 0.435 e. The van der Waals surface area contributed by atoms with Crippen molar-refractivity contribution in [2.24, 2.45) is 0 Å². The van der Waals surface area contributed by atoms with Crippen molar-refractivity contribution in [3.05, 3.63) is 52.7 Å². The molecule has 9 nitrogen and oxygen atoms in total. The summed E-state index contributed by atoms with van der Waals surface area (Å²) in [6.45, 7) is 1.39. The molecule has 0 atom stereocenters. The molecule has 0 radical (unpaired) electrons. The Balaban J connectivity index is 1.65. The van der Waals surface area contributed by atoms with E-state index in [1.54, 1.807) is 0 Å². The molecule has 3 heterocycles. The minimum atomic E-state index is -5.83. The number of halogens is 5. The van der Waals surface area contributed by atoms with E-state index in [4.69, 9.17) is 4.42 Å². The van der Waals surface area contributed by atoms with Crippen molar-refractivity contribution in [2.75, 3.05) is 5.75 Å². The van der Waals surface area contributed by atoms with Gasteiger partial charge in [0.25, 0.3) is 0 Å². The van der Waals surface area contributed by atoms with Crippen LogP contribution in [0.2, 0.25) is 0 Å². The molecule has 3 aromatic heterocycles. The van der Waals surface area contributed by atoms with Gasteiger partial charge in [-0.25, -0.2) is 23.2 Å². The lowest BCUT2D eigenvalue weighted by molar-refractivity contribution is -0.289. The summed E-state index contributed by atoms with van der Waals surface area (Å²) in [5, 5.41) is 4.10. The summed E-state index contributed by atoms with van der Waals surface area (Å²) in [6.07, 6.45) is -0.878. The molecule has 0 aliphatic heterocycles. The zero-order valence-electron chi connectivity index (χ0n) is 19.7. The second-order valence-electron chi connectivity index (χ2n) is 8.86. The van der Waals surface area contributed by atoms with Crippen LogP contribution in [0, 0.1) is 0 Å². The van der Waals surface area contributed by atoms with E-state index in [0.29, 0.717) is 12.1 Å². The van der Waals surface area contributed by atoms with Gasteiger partial charge in [-0.3, -0.25) is 4.57 Å². The highest BCUT2D eigenvalue weighted by molar-refractivity contribution is 7.91. The number of benzene rings is 1. The molecule has 1 aliphatic rings. The van der Waals surface area contributed by atoms with Gasteiger partial charge in [0.05, 0.1) is 10.6 Å². The molecule has 1 aromatic carbocycles. The largest absolute Gasteiger partial charge is 0.458 e. The molecule has 38 heavy (non-hydrogen) atoms. The van der Waals surface area contributed by atoms with E-state index in [0.717, 1.165) is 36.4 Å². The number of sulfone groups is 1. The number of nitrogens with zero attached hydrogens (tertiary/aromatic N) is 5. The van der Waals surface area contributed by atoms with Gasteiger partial charge in [0.1, 0.15) is 17.5 Å². The standard InChI is InChI=1S/C23H20F5N5O4S/c1-2-38(35,36)17-9-10-18(33-21(34)32(12-29-33)14-5-3-4-6-14)31-19(17)20-30-15-11-13(7-8-16(15)37-20)22(24,25)23(26,27)28/h7-12,14H,2-6H2,1H3. The molecule has 1 aliphatic carbocycles. The molecule has 4 aromatic rings.